The van der Waals surface area contributed by atoms with Gasteiger partial charge in [-0.2, -0.15) is 0 Å². The summed E-state index contributed by atoms with van der Waals surface area (Å²) in [6.07, 6.45) is 0.979. The molecule has 2 rings (SSSR count). The summed E-state index contributed by atoms with van der Waals surface area (Å²) in [6, 6.07) is 15.7. The van der Waals surface area contributed by atoms with Gasteiger partial charge in [-0.1, -0.05) is 18.2 Å². The third-order valence-electron chi connectivity index (χ3n) is 4.56. The van der Waals surface area contributed by atoms with Crippen LogP contribution < -0.4 is 24.8 Å². The van der Waals surface area contributed by atoms with Gasteiger partial charge < -0.3 is 29.7 Å². The Labute approximate surface area is 186 Å². The minimum absolute atomic E-state index is 0.0328. The predicted molar refractivity (Wildman–Crippen MR) is 126 cm³/mol. The van der Waals surface area contributed by atoms with E-state index in [2.05, 4.69) is 46.8 Å². The third kappa shape index (κ3) is 9.61. The highest BCUT2D eigenvalue weighted by Gasteiger charge is 2.07. The average molecular weight is 429 g/mol. The molecule has 0 aromatic heterocycles. The Balaban J connectivity index is 1.71. The highest BCUT2D eigenvalue weighted by Crippen LogP contribution is 2.19. The first-order chi connectivity index (χ1) is 15.0. The molecule has 0 amide bonds. The molecule has 31 heavy (non-hydrogen) atoms. The van der Waals surface area contributed by atoms with Gasteiger partial charge >= 0.3 is 0 Å². The molecule has 0 aliphatic carbocycles. The highest BCUT2D eigenvalue weighted by atomic mass is 16.5. The molecule has 0 heterocycles. The summed E-state index contributed by atoms with van der Waals surface area (Å²) in [6.45, 7) is 5.05. The molecule has 1 unspecified atom stereocenters. The number of ether oxygens (including phenoxy) is 3. The summed E-state index contributed by atoms with van der Waals surface area (Å²) in [5.74, 6) is 3.18. The van der Waals surface area contributed by atoms with Crippen molar-refractivity contribution in [2.75, 3.05) is 47.9 Å². The zero-order chi connectivity index (χ0) is 22.5. The van der Waals surface area contributed by atoms with Crippen LogP contribution in [-0.4, -0.2) is 64.9 Å². The molecule has 2 aromatic rings. The van der Waals surface area contributed by atoms with E-state index < -0.39 is 0 Å². The molecule has 7 nitrogen and oxygen atoms in total. The Morgan fingerprint density at radius 1 is 1.03 bits per heavy atom. The molecule has 0 aliphatic heterocycles. The summed E-state index contributed by atoms with van der Waals surface area (Å²) in [5, 5.41) is 6.62. The van der Waals surface area contributed by atoms with Crippen LogP contribution in [0.15, 0.2) is 53.5 Å². The van der Waals surface area contributed by atoms with Crippen LogP contribution in [0.25, 0.3) is 0 Å². The van der Waals surface area contributed by atoms with Crippen molar-refractivity contribution in [3.8, 4) is 17.2 Å². The molecule has 1 atom stereocenters. The molecular weight excluding hydrogens is 392 g/mol. The van der Waals surface area contributed by atoms with Gasteiger partial charge in [-0.15, -0.1) is 0 Å². The number of aliphatic imine (C=N–C) groups is 1. The number of guanidine groups is 1. The van der Waals surface area contributed by atoms with Gasteiger partial charge in [0.2, 0.25) is 0 Å². The van der Waals surface area contributed by atoms with Crippen molar-refractivity contribution in [1.82, 2.24) is 15.5 Å². The van der Waals surface area contributed by atoms with E-state index in [-0.39, 0.29) is 6.10 Å². The van der Waals surface area contributed by atoms with Crippen molar-refractivity contribution in [3.63, 3.8) is 0 Å². The van der Waals surface area contributed by atoms with Crippen LogP contribution in [0, 0.1) is 0 Å². The zero-order valence-electron chi connectivity index (χ0n) is 19.4. The minimum atomic E-state index is -0.0328. The molecule has 0 saturated heterocycles. The Kier molecular flexibility index (Phi) is 10.5. The second-order valence-electron chi connectivity index (χ2n) is 7.56. The molecule has 7 heteroatoms. The Hall–Kier alpha value is -2.93. The van der Waals surface area contributed by atoms with E-state index >= 15 is 0 Å². The van der Waals surface area contributed by atoms with Crippen LogP contribution in [-0.2, 0) is 6.54 Å². The maximum Gasteiger partial charge on any atom is 0.191 e. The summed E-state index contributed by atoms with van der Waals surface area (Å²) in [5.41, 5.74) is 1.16. The van der Waals surface area contributed by atoms with E-state index in [0.29, 0.717) is 13.1 Å². The fourth-order valence-corrected chi connectivity index (χ4v) is 2.87. The molecule has 0 saturated carbocycles. The number of rotatable bonds is 12. The number of benzene rings is 2. The van der Waals surface area contributed by atoms with E-state index in [1.165, 1.54) is 0 Å². The third-order valence-corrected chi connectivity index (χ3v) is 4.56. The molecule has 0 bridgehead atoms. The SMILES string of the molecule is CN=C(NCc1ccc(OCCCN(C)C)cc1)NCC(C)Oc1cccc(OC)c1. The van der Waals surface area contributed by atoms with E-state index in [1.54, 1.807) is 14.2 Å². The molecule has 2 aromatic carbocycles. The van der Waals surface area contributed by atoms with Crippen molar-refractivity contribution in [3.05, 3.63) is 54.1 Å². The van der Waals surface area contributed by atoms with Crippen molar-refractivity contribution in [1.29, 1.82) is 0 Å². The Morgan fingerprint density at radius 3 is 2.45 bits per heavy atom. The molecule has 0 radical (unpaired) electrons. The van der Waals surface area contributed by atoms with Crippen LogP contribution in [0.2, 0.25) is 0 Å². The molecule has 0 aliphatic rings. The van der Waals surface area contributed by atoms with Gasteiger partial charge in [-0.3, -0.25) is 4.99 Å². The van der Waals surface area contributed by atoms with Gasteiger partial charge in [0.1, 0.15) is 23.4 Å². The van der Waals surface area contributed by atoms with Crippen LogP contribution in [0.5, 0.6) is 17.2 Å². The van der Waals surface area contributed by atoms with Crippen molar-refractivity contribution < 1.29 is 14.2 Å². The second kappa shape index (κ2) is 13.4. The van der Waals surface area contributed by atoms with Crippen LogP contribution in [0.3, 0.4) is 0 Å². The van der Waals surface area contributed by atoms with Gasteiger partial charge in [0.05, 0.1) is 20.3 Å². The first-order valence-corrected chi connectivity index (χ1v) is 10.6. The van der Waals surface area contributed by atoms with Crippen molar-refractivity contribution >= 4 is 5.96 Å². The number of hydrogen-bond acceptors (Lipinski definition) is 5. The molecule has 0 fully saturated rings. The van der Waals surface area contributed by atoms with Gasteiger partial charge in [0.25, 0.3) is 0 Å². The first kappa shape index (κ1) is 24.3. The number of nitrogens with one attached hydrogen (secondary N) is 2. The van der Waals surface area contributed by atoms with Crippen LogP contribution in [0.1, 0.15) is 18.9 Å². The van der Waals surface area contributed by atoms with Gasteiger partial charge in [0.15, 0.2) is 5.96 Å². The monoisotopic (exact) mass is 428 g/mol. The summed E-state index contributed by atoms with van der Waals surface area (Å²) in [4.78, 5) is 6.44. The molecule has 0 spiro atoms. The minimum Gasteiger partial charge on any atom is -0.497 e. The van der Waals surface area contributed by atoms with E-state index in [0.717, 1.165) is 48.3 Å². The molecular formula is C24H36N4O3. The van der Waals surface area contributed by atoms with E-state index in [4.69, 9.17) is 14.2 Å². The molecule has 170 valence electrons. The average Bonchev–Trinajstić information content (AvgIpc) is 2.77. The number of methoxy groups -OCH3 is 1. The largest absolute Gasteiger partial charge is 0.497 e. The maximum atomic E-state index is 5.94. The van der Waals surface area contributed by atoms with Gasteiger partial charge in [-0.05, 0) is 57.3 Å². The standard InChI is InChI=1S/C24H36N4O3/c1-19(31-23-9-6-8-22(16-23)29-5)17-26-24(25-2)27-18-20-10-12-21(13-11-20)30-15-7-14-28(3)4/h6,8-13,16,19H,7,14-15,17-18H2,1-5H3,(H2,25,26,27). The lowest BCUT2D eigenvalue weighted by Gasteiger charge is -2.18. The van der Waals surface area contributed by atoms with Crippen LogP contribution in [0.4, 0.5) is 0 Å². The second-order valence-corrected chi connectivity index (χ2v) is 7.56. The van der Waals surface area contributed by atoms with E-state index in [9.17, 15) is 0 Å². The van der Waals surface area contributed by atoms with Crippen molar-refractivity contribution in [2.45, 2.75) is 26.0 Å². The zero-order valence-corrected chi connectivity index (χ0v) is 19.4. The highest BCUT2D eigenvalue weighted by molar-refractivity contribution is 5.79. The number of nitrogens with zero attached hydrogens (tertiary/aromatic N) is 2. The van der Waals surface area contributed by atoms with Crippen molar-refractivity contribution in [2.24, 2.45) is 4.99 Å². The van der Waals surface area contributed by atoms with Crippen LogP contribution >= 0.6 is 0 Å². The summed E-state index contributed by atoms with van der Waals surface area (Å²) >= 11 is 0. The normalized spacial score (nSPS) is 12.4. The maximum absolute atomic E-state index is 5.94. The lowest BCUT2D eigenvalue weighted by atomic mass is 10.2. The number of hydrogen-bond donors (Lipinski definition) is 2. The smallest absolute Gasteiger partial charge is 0.191 e. The quantitative estimate of drug-likeness (QED) is 0.308. The summed E-state index contributed by atoms with van der Waals surface area (Å²) < 4.78 is 17.0. The topological polar surface area (TPSA) is 67.4 Å². The predicted octanol–water partition coefficient (Wildman–Crippen LogP) is 3.16. The molecule has 2 N–H and O–H groups in total. The first-order valence-electron chi connectivity index (χ1n) is 10.6. The fourth-order valence-electron chi connectivity index (χ4n) is 2.87. The fraction of sp³-hybridized carbons (Fsp3) is 0.458. The Bertz CT molecular complexity index is 794. The summed E-state index contributed by atoms with van der Waals surface area (Å²) in [7, 11) is 7.54. The van der Waals surface area contributed by atoms with Gasteiger partial charge in [0, 0.05) is 26.2 Å². The van der Waals surface area contributed by atoms with Gasteiger partial charge in [-0.25, -0.2) is 0 Å². The van der Waals surface area contributed by atoms with E-state index in [1.807, 2.05) is 43.3 Å². The Morgan fingerprint density at radius 2 is 1.77 bits per heavy atom. The lowest BCUT2D eigenvalue weighted by molar-refractivity contribution is 0.223. The lowest BCUT2D eigenvalue weighted by Crippen LogP contribution is -2.41.